The Bertz CT molecular complexity index is 815. The fourth-order valence-electron chi connectivity index (χ4n) is 2.21. The first-order valence-corrected chi connectivity index (χ1v) is 7.26. The van der Waals surface area contributed by atoms with Crippen molar-refractivity contribution in [3.05, 3.63) is 52.9 Å². The molecule has 3 rings (SSSR count). The molecule has 0 saturated carbocycles. The lowest BCUT2D eigenvalue weighted by Crippen LogP contribution is -1.93. The van der Waals surface area contributed by atoms with Gasteiger partial charge in [-0.2, -0.15) is 5.10 Å². The molecule has 0 fully saturated rings. The van der Waals surface area contributed by atoms with E-state index in [1.807, 2.05) is 25.5 Å². The van der Waals surface area contributed by atoms with E-state index in [0.717, 1.165) is 29.1 Å². The third kappa shape index (κ3) is 2.92. The van der Waals surface area contributed by atoms with E-state index in [4.69, 9.17) is 12.2 Å². The molecule has 0 saturated heterocycles. The number of rotatable bonds is 3. The van der Waals surface area contributed by atoms with Gasteiger partial charge in [0.2, 0.25) is 0 Å². The van der Waals surface area contributed by atoms with Gasteiger partial charge in [-0.15, -0.1) is 0 Å². The second kappa shape index (κ2) is 5.61. The monoisotopic (exact) mass is 296 g/mol. The van der Waals surface area contributed by atoms with E-state index in [-0.39, 0.29) is 0 Å². The number of nitrogens with zero attached hydrogens (tertiary/aromatic N) is 3. The van der Waals surface area contributed by atoms with E-state index in [2.05, 4.69) is 46.3 Å². The van der Waals surface area contributed by atoms with Crippen LogP contribution < -0.4 is 0 Å². The minimum Gasteiger partial charge on any atom is -0.339 e. The van der Waals surface area contributed by atoms with Crippen molar-refractivity contribution < 1.29 is 0 Å². The number of aromatic amines is 1. The number of hydrogen-bond donors (Lipinski definition) is 1. The Hall–Kier alpha value is -2.27. The second-order valence-electron chi connectivity index (χ2n) is 4.93. The lowest BCUT2D eigenvalue weighted by atomic mass is 10.1. The third-order valence-electron chi connectivity index (χ3n) is 3.39. The van der Waals surface area contributed by atoms with Crippen molar-refractivity contribution >= 4 is 12.2 Å². The summed E-state index contributed by atoms with van der Waals surface area (Å²) in [6.07, 6.45) is 4.79. The predicted molar refractivity (Wildman–Crippen MR) is 86.4 cm³/mol. The molecule has 0 radical (unpaired) electrons. The average Bonchev–Trinajstić information content (AvgIpc) is 2.93. The quantitative estimate of drug-likeness (QED) is 0.748. The lowest BCUT2D eigenvalue weighted by Gasteiger charge is -2.05. The molecule has 4 nitrogen and oxygen atoms in total. The van der Waals surface area contributed by atoms with E-state index < -0.39 is 0 Å². The first-order chi connectivity index (χ1) is 10.2. The van der Waals surface area contributed by atoms with Crippen LogP contribution in [-0.2, 0) is 13.5 Å². The molecule has 3 aromatic rings. The van der Waals surface area contributed by atoms with Crippen LogP contribution >= 0.6 is 12.2 Å². The standard InChI is InChI=1S/C16H16N4S/c1-3-11-4-6-12(7-5-11)16-18-14(8-15(21)19-16)13-9-17-20(2)10-13/h4-10H,3H2,1-2H3,(H,18,19,21). The smallest absolute Gasteiger partial charge is 0.139 e. The number of H-pyrrole nitrogens is 1. The molecular formula is C16H16N4S. The summed E-state index contributed by atoms with van der Waals surface area (Å²) in [6.45, 7) is 2.14. The van der Waals surface area contributed by atoms with Crippen LogP contribution in [-0.4, -0.2) is 19.7 Å². The molecule has 21 heavy (non-hydrogen) atoms. The van der Waals surface area contributed by atoms with E-state index in [1.54, 1.807) is 4.68 Å². The number of benzene rings is 1. The van der Waals surface area contributed by atoms with Gasteiger partial charge in [-0.1, -0.05) is 43.4 Å². The Labute approximate surface area is 128 Å². The summed E-state index contributed by atoms with van der Waals surface area (Å²) in [5, 5.41) is 4.19. The van der Waals surface area contributed by atoms with Crippen LogP contribution in [0.5, 0.6) is 0 Å². The van der Waals surface area contributed by atoms with Crippen molar-refractivity contribution in [3.8, 4) is 22.6 Å². The van der Waals surface area contributed by atoms with Gasteiger partial charge in [0.05, 0.1) is 11.9 Å². The zero-order chi connectivity index (χ0) is 14.8. The summed E-state index contributed by atoms with van der Waals surface area (Å²) in [5.41, 5.74) is 4.26. The van der Waals surface area contributed by atoms with Crippen LogP contribution in [0.25, 0.3) is 22.6 Å². The molecule has 0 unspecified atom stereocenters. The molecule has 2 aromatic heterocycles. The fourth-order valence-corrected chi connectivity index (χ4v) is 2.42. The maximum Gasteiger partial charge on any atom is 0.139 e. The third-order valence-corrected chi connectivity index (χ3v) is 3.60. The highest BCUT2D eigenvalue weighted by Crippen LogP contribution is 2.21. The van der Waals surface area contributed by atoms with Gasteiger partial charge in [-0.05, 0) is 18.1 Å². The van der Waals surface area contributed by atoms with Crippen LogP contribution in [0.2, 0.25) is 0 Å². The molecule has 1 aromatic carbocycles. The zero-order valence-electron chi connectivity index (χ0n) is 12.0. The first-order valence-electron chi connectivity index (χ1n) is 6.85. The molecular weight excluding hydrogens is 280 g/mol. The highest BCUT2D eigenvalue weighted by atomic mass is 32.1. The van der Waals surface area contributed by atoms with Gasteiger partial charge in [0.15, 0.2) is 0 Å². The van der Waals surface area contributed by atoms with Crippen LogP contribution in [0, 0.1) is 4.64 Å². The number of aryl methyl sites for hydroxylation is 2. The van der Waals surface area contributed by atoms with Gasteiger partial charge in [0.1, 0.15) is 10.5 Å². The largest absolute Gasteiger partial charge is 0.339 e. The Morgan fingerprint density at radius 2 is 1.95 bits per heavy atom. The minimum atomic E-state index is 0.571. The van der Waals surface area contributed by atoms with Gasteiger partial charge < -0.3 is 4.98 Å². The Morgan fingerprint density at radius 1 is 1.19 bits per heavy atom. The van der Waals surface area contributed by atoms with E-state index >= 15 is 0 Å². The molecule has 2 heterocycles. The highest BCUT2D eigenvalue weighted by molar-refractivity contribution is 7.71. The first kappa shape index (κ1) is 13.7. The molecule has 1 N–H and O–H groups in total. The lowest BCUT2D eigenvalue weighted by molar-refractivity contribution is 0.768. The van der Waals surface area contributed by atoms with Gasteiger partial charge in [0.25, 0.3) is 0 Å². The normalized spacial score (nSPS) is 10.8. The van der Waals surface area contributed by atoms with Crippen molar-refractivity contribution in [1.29, 1.82) is 0 Å². The molecule has 0 atom stereocenters. The van der Waals surface area contributed by atoms with Crippen molar-refractivity contribution in [2.45, 2.75) is 13.3 Å². The number of hydrogen-bond acceptors (Lipinski definition) is 3. The molecule has 0 aliphatic rings. The Kier molecular flexibility index (Phi) is 3.66. The predicted octanol–water partition coefficient (Wildman–Crippen LogP) is 3.77. The van der Waals surface area contributed by atoms with Gasteiger partial charge in [-0.25, -0.2) is 4.98 Å². The van der Waals surface area contributed by atoms with Crippen LogP contribution in [0.1, 0.15) is 12.5 Å². The summed E-state index contributed by atoms with van der Waals surface area (Å²) in [5.74, 6) is 0.781. The fraction of sp³-hybridized carbons (Fsp3) is 0.188. The molecule has 0 amide bonds. The van der Waals surface area contributed by atoms with Crippen molar-refractivity contribution in [2.24, 2.45) is 7.05 Å². The van der Waals surface area contributed by atoms with Gasteiger partial charge in [0, 0.05) is 24.4 Å². The summed E-state index contributed by atoms with van der Waals surface area (Å²) in [6, 6.07) is 10.2. The highest BCUT2D eigenvalue weighted by Gasteiger charge is 2.06. The van der Waals surface area contributed by atoms with Gasteiger partial charge in [-0.3, -0.25) is 4.68 Å². The zero-order valence-corrected chi connectivity index (χ0v) is 12.8. The molecule has 106 valence electrons. The summed E-state index contributed by atoms with van der Waals surface area (Å²) < 4.78 is 2.34. The van der Waals surface area contributed by atoms with Crippen molar-refractivity contribution in [1.82, 2.24) is 19.7 Å². The number of aromatic nitrogens is 4. The minimum absolute atomic E-state index is 0.571. The Morgan fingerprint density at radius 3 is 2.57 bits per heavy atom. The van der Waals surface area contributed by atoms with E-state index in [0.29, 0.717) is 4.64 Å². The summed E-state index contributed by atoms with van der Waals surface area (Å²) in [4.78, 5) is 7.76. The van der Waals surface area contributed by atoms with Crippen LogP contribution in [0.3, 0.4) is 0 Å². The molecule has 0 spiro atoms. The molecule has 5 heteroatoms. The van der Waals surface area contributed by atoms with Crippen LogP contribution in [0.4, 0.5) is 0 Å². The average molecular weight is 296 g/mol. The molecule has 0 aliphatic carbocycles. The maximum absolute atomic E-state index is 5.28. The SMILES string of the molecule is CCc1ccc(-c2nc(=S)cc(-c3cnn(C)c3)[nH]2)cc1. The van der Waals surface area contributed by atoms with E-state index in [1.165, 1.54) is 5.56 Å². The Balaban J connectivity index is 2.06. The van der Waals surface area contributed by atoms with Crippen molar-refractivity contribution in [2.75, 3.05) is 0 Å². The van der Waals surface area contributed by atoms with E-state index in [9.17, 15) is 0 Å². The second-order valence-corrected chi connectivity index (χ2v) is 5.35. The molecule has 0 bridgehead atoms. The maximum atomic E-state index is 5.28. The van der Waals surface area contributed by atoms with Crippen molar-refractivity contribution in [3.63, 3.8) is 0 Å². The molecule has 0 aliphatic heterocycles. The summed E-state index contributed by atoms with van der Waals surface area (Å²) in [7, 11) is 1.89. The number of nitrogens with one attached hydrogen (secondary N) is 1. The topological polar surface area (TPSA) is 46.5 Å². The van der Waals surface area contributed by atoms with Crippen LogP contribution in [0.15, 0.2) is 42.7 Å². The van der Waals surface area contributed by atoms with Gasteiger partial charge >= 0.3 is 0 Å². The summed E-state index contributed by atoms with van der Waals surface area (Å²) >= 11 is 5.28.